The van der Waals surface area contributed by atoms with Crippen LogP contribution in [-0.4, -0.2) is 29.2 Å². The molecule has 1 aliphatic heterocycles. The lowest BCUT2D eigenvalue weighted by atomic mass is 9.87. The van der Waals surface area contributed by atoms with Crippen molar-refractivity contribution < 1.29 is 18.8 Å². The highest BCUT2D eigenvalue weighted by Crippen LogP contribution is 2.32. The lowest BCUT2D eigenvalue weighted by Crippen LogP contribution is -2.43. The lowest BCUT2D eigenvalue weighted by Gasteiger charge is -2.25. The molecule has 0 aromatic heterocycles. The normalized spacial score (nSPS) is 19.3. The van der Waals surface area contributed by atoms with Crippen LogP contribution in [0.15, 0.2) is 42.5 Å². The molecular formula is C21H21FN2O3. The molecule has 0 unspecified atom stereocenters. The molecule has 0 aliphatic carbocycles. The minimum Gasteiger partial charge on any atom is -0.319 e. The molecule has 1 fully saturated rings. The molecule has 27 heavy (non-hydrogen) atoms. The molecule has 1 aliphatic rings. The molecule has 6 heteroatoms. The second-order valence-corrected chi connectivity index (χ2v) is 6.81. The Morgan fingerprint density at radius 1 is 1.07 bits per heavy atom. The number of hydrogen-bond donors (Lipinski definition) is 1. The number of hydrogen-bond acceptors (Lipinski definition) is 3. The van der Waals surface area contributed by atoms with Crippen molar-refractivity contribution >= 4 is 17.7 Å². The average Bonchev–Trinajstić information content (AvgIpc) is 2.89. The summed E-state index contributed by atoms with van der Waals surface area (Å²) in [5, 5.41) is 2.69. The molecule has 0 bridgehead atoms. The summed E-state index contributed by atoms with van der Waals surface area (Å²) in [6.07, 6.45) is 0.289. The van der Waals surface area contributed by atoms with Gasteiger partial charge in [0.05, 0.1) is 6.54 Å². The molecule has 0 spiro atoms. The van der Waals surface area contributed by atoms with Gasteiger partial charge in [-0.15, -0.1) is 0 Å². The number of imide groups is 1. The Hall–Kier alpha value is -3.02. The van der Waals surface area contributed by atoms with Crippen molar-refractivity contribution in [2.45, 2.75) is 32.7 Å². The summed E-state index contributed by atoms with van der Waals surface area (Å²) in [5.41, 5.74) is 1.68. The Bertz CT molecular complexity index is 924. The summed E-state index contributed by atoms with van der Waals surface area (Å²) in [6.45, 7) is 5.27. The number of benzene rings is 2. The molecule has 0 radical (unpaired) electrons. The van der Waals surface area contributed by atoms with E-state index >= 15 is 0 Å². The molecule has 2 aromatic carbocycles. The third-order valence-electron chi connectivity index (χ3n) is 5.17. The smallest absolute Gasteiger partial charge is 0.319 e. The van der Waals surface area contributed by atoms with Gasteiger partial charge in [0, 0.05) is 5.56 Å². The van der Waals surface area contributed by atoms with Crippen LogP contribution in [0.1, 0.15) is 40.4 Å². The summed E-state index contributed by atoms with van der Waals surface area (Å²) in [4.78, 5) is 39.0. The van der Waals surface area contributed by atoms with Gasteiger partial charge in [0.1, 0.15) is 11.4 Å². The van der Waals surface area contributed by atoms with E-state index in [2.05, 4.69) is 5.32 Å². The summed E-state index contributed by atoms with van der Waals surface area (Å²) in [5.74, 6) is -1.24. The number of halogens is 1. The Kier molecular flexibility index (Phi) is 4.83. The Labute approximate surface area is 157 Å². The highest BCUT2D eigenvalue weighted by atomic mass is 19.1. The van der Waals surface area contributed by atoms with Crippen LogP contribution in [0.5, 0.6) is 0 Å². The minimum atomic E-state index is -1.28. The van der Waals surface area contributed by atoms with Crippen LogP contribution in [-0.2, 0) is 10.3 Å². The van der Waals surface area contributed by atoms with Crippen LogP contribution in [0.25, 0.3) is 0 Å². The first-order chi connectivity index (χ1) is 12.8. The van der Waals surface area contributed by atoms with E-state index in [1.807, 2.05) is 19.9 Å². The van der Waals surface area contributed by atoms with Gasteiger partial charge in [-0.3, -0.25) is 14.5 Å². The van der Waals surface area contributed by atoms with Gasteiger partial charge in [0.15, 0.2) is 5.78 Å². The number of urea groups is 1. The third kappa shape index (κ3) is 3.23. The van der Waals surface area contributed by atoms with Crippen molar-refractivity contribution in [2.24, 2.45) is 0 Å². The second-order valence-electron chi connectivity index (χ2n) is 6.81. The summed E-state index contributed by atoms with van der Waals surface area (Å²) >= 11 is 0. The summed E-state index contributed by atoms with van der Waals surface area (Å²) < 4.78 is 13.2. The zero-order valence-corrected chi connectivity index (χ0v) is 15.5. The summed E-state index contributed by atoms with van der Waals surface area (Å²) in [6, 6.07) is 10.1. The summed E-state index contributed by atoms with van der Waals surface area (Å²) in [7, 11) is 0. The quantitative estimate of drug-likeness (QED) is 0.649. The predicted octanol–water partition coefficient (Wildman–Crippen LogP) is 3.48. The van der Waals surface area contributed by atoms with Crippen LogP contribution in [0.2, 0.25) is 0 Å². The topological polar surface area (TPSA) is 66.5 Å². The van der Waals surface area contributed by atoms with E-state index in [-0.39, 0.29) is 18.7 Å². The molecule has 3 amide bonds. The van der Waals surface area contributed by atoms with Gasteiger partial charge in [-0.05, 0) is 55.2 Å². The second kappa shape index (κ2) is 6.95. The molecule has 1 saturated heterocycles. The van der Waals surface area contributed by atoms with E-state index in [0.29, 0.717) is 11.1 Å². The maximum atomic E-state index is 13.2. The highest BCUT2D eigenvalue weighted by Gasteiger charge is 2.51. The third-order valence-corrected chi connectivity index (χ3v) is 5.17. The first kappa shape index (κ1) is 18.8. The molecule has 5 nitrogen and oxygen atoms in total. The average molecular weight is 368 g/mol. The van der Waals surface area contributed by atoms with Gasteiger partial charge in [0.25, 0.3) is 5.91 Å². The van der Waals surface area contributed by atoms with E-state index in [4.69, 9.17) is 0 Å². The number of carbonyl (C=O) groups excluding carboxylic acids is 3. The maximum absolute atomic E-state index is 13.2. The number of carbonyl (C=O) groups is 3. The fourth-order valence-electron chi connectivity index (χ4n) is 3.29. The van der Waals surface area contributed by atoms with Crippen molar-refractivity contribution in [1.29, 1.82) is 0 Å². The fourth-order valence-corrected chi connectivity index (χ4v) is 3.29. The van der Waals surface area contributed by atoms with Crippen molar-refractivity contribution in [1.82, 2.24) is 10.2 Å². The Balaban J connectivity index is 1.87. The molecular weight excluding hydrogens is 347 g/mol. The van der Waals surface area contributed by atoms with Gasteiger partial charge in [-0.25, -0.2) is 9.18 Å². The Morgan fingerprint density at radius 3 is 2.33 bits per heavy atom. The molecule has 140 valence electrons. The lowest BCUT2D eigenvalue weighted by molar-refractivity contribution is -0.131. The predicted molar refractivity (Wildman–Crippen MR) is 98.9 cm³/mol. The van der Waals surface area contributed by atoms with Crippen molar-refractivity contribution in [3.05, 3.63) is 70.5 Å². The number of amides is 3. The molecule has 1 N–H and O–H groups in total. The monoisotopic (exact) mass is 368 g/mol. The van der Waals surface area contributed by atoms with Crippen LogP contribution in [0, 0.1) is 19.7 Å². The zero-order valence-electron chi connectivity index (χ0n) is 15.5. The van der Waals surface area contributed by atoms with Gasteiger partial charge < -0.3 is 5.32 Å². The van der Waals surface area contributed by atoms with Gasteiger partial charge >= 0.3 is 6.03 Å². The molecule has 3 rings (SSSR count). The Morgan fingerprint density at radius 2 is 1.74 bits per heavy atom. The van der Waals surface area contributed by atoms with Crippen LogP contribution in [0.4, 0.5) is 9.18 Å². The van der Waals surface area contributed by atoms with Gasteiger partial charge in [0.2, 0.25) is 0 Å². The first-order valence-electron chi connectivity index (χ1n) is 8.79. The van der Waals surface area contributed by atoms with E-state index < -0.39 is 23.3 Å². The number of Topliss-reactive ketones (excluding diaryl/α,β-unsaturated/α-hetero) is 1. The van der Waals surface area contributed by atoms with Gasteiger partial charge in [-0.1, -0.05) is 31.2 Å². The van der Waals surface area contributed by atoms with E-state index in [0.717, 1.165) is 16.0 Å². The standard InChI is InChI=1S/C21H21FN2O3/c1-4-21(16-7-9-17(22)10-8-16)19(26)24(20(27)23-21)12-18(25)15-6-5-13(2)14(3)11-15/h5-11H,4,12H2,1-3H3,(H,23,27)/t21-/m1/s1. The number of nitrogens with one attached hydrogen (secondary N) is 1. The van der Waals surface area contributed by atoms with Crippen molar-refractivity contribution in [2.75, 3.05) is 6.54 Å². The van der Waals surface area contributed by atoms with Gasteiger partial charge in [-0.2, -0.15) is 0 Å². The number of rotatable bonds is 5. The number of nitrogens with zero attached hydrogens (tertiary/aromatic N) is 1. The van der Waals surface area contributed by atoms with Crippen LogP contribution >= 0.6 is 0 Å². The number of ketones is 1. The largest absolute Gasteiger partial charge is 0.325 e. The SMILES string of the molecule is CC[C@]1(c2ccc(F)cc2)NC(=O)N(CC(=O)c2ccc(C)c(C)c2)C1=O. The van der Waals surface area contributed by atoms with Crippen LogP contribution < -0.4 is 5.32 Å². The molecule has 1 atom stereocenters. The first-order valence-corrected chi connectivity index (χ1v) is 8.79. The van der Waals surface area contributed by atoms with Crippen molar-refractivity contribution in [3.8, 4) is 0 Å². The number of aryl methyl sites for hydroxylation is 2. The molecule has 2 aromatic rings. The van der Waals surface area contributed by atoms with E-state index in [9.17, 15) is 18.8 Å². The zero-order chi connectivity index (χ0) is 19.8. The van der Waals surface area contributed by atoms with E-state index in [1.165, 1.54) is 24.3 Å². The molecule has 1 heterocycles. The maximum Gasteiger partial charge on any atom is 0.325 e. The van der Waals surface area contributed by atoms with Crippen molar-refractivity contribution in [3.63, 3.8) is 0 Å². The van der Waals surface area contributed by atoms with E-state index in [1.54, 1.807) is 19.1 Å². The van der Waals surface area contributed by atoms with Crippen LogP contribution in [0.3, 0.4) is 0 Å². The fraction of sp³-hybridized carbons (Fsp3) is 0.286. The minimum absolute atomic E-state index is 0.289. The highest BCUT2D eigenvalue weighted by molar-refractivity contribution is 6.11. The molecule has 0 saturated carbocycles.